The summed E-state index contributed by atoms with van der Waals surface area (Å²) in [5.41, 5.74) is -0.292. The smallest absolute Gasteiger partial charge is 0.342 e. The molecular formula is C25H32O8. The zero-order valence-corrected chi connectivity index (χ0v) is 20.0. The molecule has 4 heterocycles. The Morgan fingerprint density at radius 2 is 1.82 bits per heavy atom. The van der Waals surface area contributed by atoms with E-state index in [4.69, 9.17) is 23.7 Å². The number of carbonyl (C=O) groups is 1. The molecule has 1 aromatic carbocycles. The van der Waals surface area contributed by atoms with Crippen LogP contribution in [0.25, 0.3) is 0 Å². The van der Waals surface area contributed by atoms with Gasteiger partial charge in [-0.25, -0.2) is 4.79 Å². The van der Waals surface area contributed by atoms with E-state index in [0.717, 1.165) is 16.7 Å². The average Bonchev–Trinajstić information content (AvgIpc) is 3.19. The average molecular weight is 461 g/mol. The maximum Gasteiger partial charge on any atom is 0.342 e. The molecule has 1 aromatic rings. The molecule has 33 heavy (non-hydrogen) atoms. The number of rotatable bonds is 1. The molecule has 180 valence electrons. The van der Waals surface area contributed by atoms with Crippen molar-refractivity contribution in [2.24, 2.45) is 11.3 Å². The second-order valence-electron chi connectivity index (χ2n) is 11.4. The lowest BCUT2D eigenvalue weighted by Crippen LogP contribution is -2.76. The van der Waals surface area contributed by atoms with E-state index >= 15 is 0 Å². The first-order valence-corrected chi connectivity index (χ1v) is 11.7. The van der Waals surface area contributed by atoms with Crippen LogP contribution < -0.4 is 9.47 Å². The molecule has 4 aliphatic heterocycles. The molecule has 2 bridgehead atoms. The lowest BCUT2D eigenvalue weighted by atomic mass is 9.46. The molecule has 1 aliphatic carbocycles. The topological polar surface area (TPSA) is 104 Å². The number of aliphatic hydroxyl groups excluding tert-OH is 1. The largest absolute Gasteiger partial charge is 0.495 e. The number of carbonyl (C=O) groups excluding carboxylic acids is 1. The van der Waals surface area contributed by atoms with Gasteiger partial charge in [-0.1, -0.05) is 6.92 Å². The number of methoxy groups -OCH3 is 1. The van der Waals surface area contributed by atoms with E-state index in [-0.39, 0.29) is 18.5 Å². The standard InChI is InChI=1S/C25H32O8/c1-12-14-11-30-20(27)17(14)19(29-6)13-9-15-22(4)7-8-24(28)32-21(2,3)25(22,33-24)16(26)10-23(15,5)31-18(12)13/h15-16,26,28H,7-11H2,1-6H3/t15?,16-,22+,23+,24+,25-/m0/s1. The summed E-state index contributed by atoms with van der Waals surface area (Å²) in [4.78, 5) is 12.5. The lowest BCUT2D eigenvalue weighted by Gasteiger charge is -2.66. The minimum absolute atomic E-state index is 0.0878. The molecule has 5 aliphatic rings. The van der Waals surface area contributed by atoms with E-state index in [1.807, 2.05) is 27.7 Å². The third-order valence-corrected chi connectivity index (χ3v) is 9.38. The van der Waals surface area contributed by atoms with E-state index in [1.165, 1.54) is 0 Å². The van der Waals surface area contributed by atoms with Gasteiger partial charge < -0.3 is 33.9 Å². The molecule has 2 N–H and O–H groups in total. The van der Waals surface area contributed by atoms with Crippen LogP contribution in [-0.2, 0) is 27.2 Å². The van der Waals surface area contributed by atoms with Gasteiger partial charge in [0, 0.05) is 35.3 Å². The number of hydrogen-bond acceptors (Lipinski definition) is 8. The van der Waals surface area contributed by atoms with E-state index in [9.17, 15) is 15.0 Å². The molecule has 6 atom stereocenters. The van der Waals surface area contributed by atoms with Crippen molar-refractivity contribution >= 4 is 5.97 Å². The zero-order chi connectivity index (χ0) is 23.8. The van der Waals surface area contributed by atoms with Gasteiger partial charge in [-0.15, -0.1) is 0 Å². The predicted molar refractivity (Wildman–Crippen MR) is 115 cm³/mol. The molecule has 0 amide bonds. The van der Waals surface area contributed by atoms with Gasteiger partial charge in [0.25, 0.3) is 5.97 Å². The molecule has 2 saturated heterocycles. The number of hydrogen-bond donors (Lipinski definition) is 2. The number of cyclic esters (lactones) is 1. The lowest BCUT2D eigenvalue weighted by molar-refractivity contribution is -0.384. The van der Waals surface area contributed by atoms with Crippen LogP contribution in [0.1, 0.15) is 74.0 Å². The summed E-state index contributed by atoms with van der Waals surface area (Å²) in [6.07, 6.45) is 0.893. The van der Waals surface area contributed by atoms with Gasteiger partial charge in [0.15, 0.2) is 0 Å². The Morgan fingerprint density at radius 3 is 2.52 bits per heavy atom. The molecule has 8 heteroatoms. The summed E-state index contributed by atoms with van der Waals surface area (Å²) in [7, 11) is 1.57. The first-order valence-electron chi connectivity index (χ1n) is 11.7. The van der Waals surface area contributed by atoms with E-state index in [0.29, 0.717) is 42.7 Å². The van der Waals surface area contributed by atoms with Crippen molar-refractivity contribution in [3.63, 3.8) is 0 Å². The van der Waals surface area contributed by atoms with Crippen molar-refractivity contribution in [3.8, 4) is 11.5 Å². The van der Waals surface area contributed by atoms with Crippen LogP contribution in [0.15, 0.2) is 0 Å². The fourth-order valence-electron chi connectivity index (χ4n) is 8.09. The van der Waals surface area contributed by atoms with Crippen LogP contribution in [0.4, 0.5) is 0 Å². The number of benzene rings is 1. The van der Waals surface area contributed by atoms with Crippen molar-refractivity contribution in [2.45, 2.75) is 95.8 Å². The van der Waals surface area contributed by atoms with Crippen molar-refractivity contribution in [3.05, 3.63) is 22.3 Å². The molecule has 1 spiro atoms. The molecule has 0 aromatic heterocycles. The molecule has 3 fully saturated rings. The first-order chi connectivity index (χ1) is 15.3. The Balaban J connectivity index is 1.56. The third-order valence-electron chi connectivity index (χ3n) is 9.38. The van der Waals surface area contributed by atoms with Crippen LogP contribution in [0.5, 0.6) is 11.5 Å². The third kappa shape index (κ3) is 2.29. The molecule has 1 unspecified atom stereocenters. The quantitative estimate of drug-likeness (QED) is 0.617. The van der Waals surface area contributed by atoms with Crippen molar-refractivity contribution < 1.29 is 38.7 Å². The molecular weight excluding hydrogens is 428 g/mol. The van der Waals surface area contributed by atoms with Crippen molar-refractivity contribution in [1.82, 2.24) is 0 Å². The Hall–Kier alpha value is -1.87. The number of aliphatic hydroxyl groups is 2. The minimum Gasteiger partial charge on any atom is -0.495 e. The Bertz CT molecular complexity index is 1100. The van der Waals surface area contributed by atoms with Gasteiger partial charge in [-0.2, -0.15) is 0 Å². The first kappa shape index (κ1) is 21.6. The summed E-state index contributed by atoms with van der Waals surface area (Å²) < 4.78 is 30.2. The van der Waals surface area contributed by atoms with Crippen molar-refractivity contribution in [2.75, 3.05) is 7.11 Å². The Morgan fingerprint density at radius 1 is 1.09 bits per heavy atom. The SMILES string of the molecule is COc1c2c(c(C)c3c1C(=O)OC3)O[C@]1(C)C[C@H](O)[C@@]34O[C@@](O)(CC[C@]3(C)C1C2)OC4(C)C. The van der Waals surface area contributed by atoms with Crippen LogP contribution in [0.2, 0.25) is 0 Å². The van der Waals surface area contributed by atoms with Crippen LogP contribution in [0.3, 0.4) is 0 Å². The maximum atomic E-state index is 12.5. The highest BCUT2D eigenvalue weighted by molar-refractivity contribution is 5.98. The maximum absolute atomic E-state index is 12.5. The van der Waals surface area contributed by atoms with Crippen LogP contribution >= 0.6 is 0 Å². The highest BCUT2D eigenvalue weighted by Crippen LogP contribution is 2.70. The summed E-state index contributed by atoms with van der Waals surface area (Å²) in [5, 5.41) is 22.6. The molecule has 8 nitrogen and oxygen atoms in total. The molecule has 1 saturated carbocycles. The van der Waals surface area contributed by atoms with Crippen LogP contribution in [-0.4, -0.2) is 52.2 Å². The van der Waals surface area contributed by atoms with E-state index in [2.05, 4.69) is 6.92 Å². The Labute approximate surface area is 193 Å². The molecule has 0 radical (unpaired) electrons. The summed E-state index contributed by atoms with van der Waals surface area (Å²) in [6, 6.07) is 0. The van der Waals surface area contributed by atoms with E-state index < -0.39 is 34.3 Å². The van der Waals surface area contributed by atoms with Gasteiger partial charge in [-0.05, 0) is 46.1 Å². The highest BCUT2D eigenvalue weighted by atomic mass is 16.9. The highest BCUT2D eigenvalue weighted by Gasteiger charge is 2.80. The predicted octanol–water partition coefficient (Wildman–Crippen LogP) is 2.76. The van der Waals surface area contributed by atoms with Gasteiger partial charge in [0.05, 0.1) is 13.2 Å². The minimum atomic E-state index is -1.70. The summed E-state index contributed by atoms with van der Waals surface area (Å²) >= 11 is 0. The second kappa shape index (κ2) is 6.03. The zero-order valence-electron chi connectivity index (χ0n) is 20.0. The van der Waals surface area contributed by atoms with Gasteiger partial charge in [0.1, 0.15) is 40.5 Å². The van der Waals surface area contributed by atoms with Gasteiger partial charge in [0.2, 0.25) is 0 Å². The monoisotopic (exact) mass is 460 g/mol. The number of ether oxygens (including phenoxy) is 5. The van der Waals surface area contributed by atoms with Gasteiger partial charge >= 0.3 is 5.97 Å². The Kier molecular flexibility index (Phi) is 3.95. The summed E-state index contributed by atoms with van der Waals surface area (Å²) in [5.74, 6) is -0.947. The second-order valence-corrected chi connectivity index (χ2v) is 11.4. The molecule has 6 rings (SSSR count). The van der Waals surface area contributed by atoms with Gasteiger partial charge in [-0.3, -0.25) is 0 Å². The van der Waals surface area contributed by atoms with E-state index in [1.54, 1.807) is 7.11 Å². The number of fused-ring (bicyclic) bond motifs is 5. The van der Waals surface area contributed by atoms with Crippen molar-refractivity contribution in [1.29, 1.82) is 0 Å². The van der Waals surface area contributed by atoms with Crippen LogP contribution in [0, 0.1) is 18.3 Å². The fraction of sp³-hybridized carbons (Fsp3) is 0.720. The fourth-order valence-corrected chi connectivity index (χ4v) is 8.09. The summed E-state index contributed by atoms with van der Waals surface area (Å²) in [6.45, 7) is 10.1. The number of esters is 1. The normalized spacial score (nSPS) is 44.2.